The number of rotatable bonds is 1. The first-order valence-electron chi connectivity index (χ1n) is 4.11. The van der Waals surface area contributed by atoms with Gasteiger partial charge in [0.2, 0.25) is 0 Å². The third-order valence-corrected chi connectivity index (χ3v) is 2.14. The zero-order chi connectivity index (χ0) is 8.82. The van der Waals surface area contributed by atoms with Crippen LogP contribution in [0.3, 0.4) is 0 Å². The number of ether oxygens (including phenoxy) is 2. The molecule has 3 nitrogen and oxygen atoms in total. The van der Waals surface area contributed by atoms with E-state index < -0.39 is 5.79 Å². The zero-order valence-corrected chi connectivity index (χ0v) is 8.39. The van der Waals surface area contributed by atoms with E-state index in [0.717, 1.165) is 5.57 Å². The minimum Gasteiger partial charge on any atom is -0.429 e. The molecule has 0 aromatic rings. The molecular weight excluding hydrogens is 163 g/mol. The van der Waals surface area contributed by atoms with E-state index in [2.05, 4.69) is 19.9 Å². The van der Waals surface area contributed by atoms with Gasteiger partial charge >= 0.3 is 18.9 Å². The van der Waals surface area contributed by atoms with Crippen LogP contribution in [-0.2, 0) is 9.47 Å². The number of aliphatic hydroxyl groups is 1. The molecule has 1 aliphatic carbocycles. The van der Waals surface area contributed by atoms with Crippen LogP contribution < -0.4 is 18.9 Å². The second kappa shape index (κ2) is 3.41. The predicted octanol–water partition coefficient (Wildman–Crippen LogP) is -2.50. The van der Waals surface area contributed by atoms with Gasteiger partial charge in [0.15, 0.2) is 0 Å². The maximum atomic E-state index is 8.79. The first kappa shape index (κ1) is 11.3. The summed E-state index contributed by atoms with van der Waals surface area (Å²) < 4.78 is 10.9. The van der Waals surface area contributed by atoms with Gasteiger partial charge in [-0.3, -0.25) is 0 Å². The second-order valence-corrected chi connectivity index (χ2v) is 4.12. The van der Waals surface area contributed by atoms with Crippen molar-refractivity contribution in [2.45, 2.75) is 19.6 Å². The molecule has 2 rings (SSSR count). The molecule has 68 valence electrons. The molecule has 4 heteroatoms. The molecule has 0 unspecified atom stereocenters. The molecule has 0 amide bonds. The molecule has 1 N–H and O–H groups in total. The SMILES string of the molecule is CC1(C)COC2([C-]=C2CO)OC1.[Li+]. The molecule has 0 atom stereocenters. The van der Waals surface area contributed by atoms with E-state index in [-0.39, 0.29) is 30.9 Å². The zero-order valence-electron chi connectivity index (χ0n) is 8.39. The first-order valence-corrected chi connectivity index (χ1v) is 4.11. The summed E-state index contributed by atoms with van der Waals surface area (Å²) in [6.07, 6.45) is 2.89. The van der Waals surface area contributed by atoms with Gasteiger partial charge in [-0.2, -0.15) is 5.57 Å². The monoisotopic (exact) mass is 176 g/mol. The quantitative estimate of drug-likeness (QED) is 0.354. The van der Waals surface area contributed by atoms with Crippen LogP contribution in [0, 0.1) is 11.5 Å². The predicted molar refractivity (Wildman–Crippen MR) is 42.3 cm³/mol. The van der Waals surface area contributed by atoms with Crippen LogP contribution in [-0.4, -0.2) is 30.7 Å². The smallest absolute Gasteiger partial charge is 0.429 e. The molecule has 0 aromatic carbocycles. The molecule has 0 bridgehead atoms. The van der Waals surface area contributed by atoms with Crippen molar-refractivity contribution in [2.75, 3.05) is 19.8 Å². The topological polar surface area (TPSA) is 38.7 Å². The Bertz CT molecular complexity index is 225. The summed E-state index contributed by atoms with van der Waals surface area (Å²) in [5.74, 6) is -0.732. The van der Waals surface area contributed by atoms with Gasteiger partial charge in [-0.05, 0) is 0 Å². The van der Waals surface area contributed by atoms with Crippen molar-refractivity contribution >= 4 is 0 Å². The average molecular weight is 176 g/mol. The van der Waals surface area contributed by atoms with Crippen molar-refractivity contribution in [1.29, 1.82) is 0 Å². The Morgan fingerprint density at radius 2 is 1.92 bits per heavy atom. The van der Waals surface area contributed by atoms with E-state index in [1.165, 1.54) is 0 Å². The van der Waals surface area contributed by atoms with Gasteiger partial charge in [0, 0.05) is 17.8 Å². The van der Waals surface area contributed by atoms with Crippen molar-refractivity contribution < 1.29 is 33.4 Å². The largest absolute Gasteiger partial charge is 1.00 e. The molecule has 0 radical (unpaired) electrons. The Morgan fingerprint density at radius 3 is 2.31 bits per heavy atom. The Morgan fingerprint density at radius 1 is 1.38 bits per heavy atom. The molecule has 0 saturated carbocycles. The molecule has 1 spiro atoms. The summed E-state index contributed by atoms with van der Waals surface area (Å²) in [6.45, 7) is 5.47. The minimum absolute atomic E-state index is 0. The third-order valence-electron chi connectivity index (χ3n) is 2.14. The average Bonchev–Trinajstić information content (AvgIpc) is 2.72. The summed E-state index contributed by atoms with van der Waals surface area (Å²) >= 11 is 0. The fourth-order valence-electron chi connectivity index (χ4n) is 1.23. The van der Waals surface area contributed by atoms with Crippen molar-refractivity contribution in [2.24, 2.45) is 5.41 Å². The molecular formula is C9H13LiO3. The Balaban J connectivity index is 0.000000845. The van der Waals surface area contributed by atoms with E-state index in [9.17, 15) is 0 Å². The van der Waals surface area contributed by atoms with E-state index >= 15 is 0 Å². The second-order valence-electron chi connectivity index (χ2n) is 4.12. The molecule has 1 heterocycles. The van der Waals surface area contributed by atoms with Crippen LogP contribution in [0.2, 0.25) is 0 Å². The molecule has 13 heavy (non-hydrogen) atoms. The van der Waals surface area contributed by atoms with Crippen molar-refractivity contribution in [3.8, 4) is 0 Å². The maximum absolute atomic E-state index is 8.79. The Kier molecular flexibility index (Phi) is 2.97. The number of hydrogen-bond donors (Lipinski definition) is 1. The molecule has 0 aromatic heterocycles. The van der Waals surface area contributed by atoms with Crippen LogP contribution >= 0.6 is 0 Å². The van der Waals surface area contributed by atoms with Gasteiger partial charge in [-0.25, -0.2) is 0 Å². The van der Waals surface area contributed by atoms with Gasteiger partial charge < -0.3 is 20.7 Å². The van der Waals surface area contributed by atoms with Crippen LogP contribution in [0.25, 0.3) is 0 Å². The van der Waals surface area contributed by atoms with Gasteiger partial charge in [0.25, 0.3) is 0 Å². The van der Waals surface area contributed by atoms with E-state index in [0.29, 0.717) is 13.2 Å². The molecule has 1 fully saturated rings. The van der Waals surface area contributed by atoms with E-state index in [1.807, 2.05) is 0 Å². The fourth-order valence-corrected chi connectivity index (χ4v) is 1.23. The third kappa shape index (κ3) is 2.01. The van der Waals surface area contributed by atoms with Crippen LogP contribution in [0.1, 0.15) is 13.8 Å². The van der Waals surface area contributed by atoms with Crippen LogP contribution in [0.5, 0.6) is 0 Å². The van der Waals surface area contributed by atoms with Gasteiger partial charge in [-0.1, -0.05) is 13.8 Å². The molecule has 2 aliphatic rings. The van der Waals surface area contributed by atoms with E-state index in [4.69, 9.17) is 14.6 Å². The van der Waals surface area contributed by atoms with Crippen molar-refractivity contribution in [3.63, 3.8) is 0 Å². The number of aliphatic hydroxyl groups excluding tert-OH is 1. The fraction of sp³-hybridized carbons (Fsp3) is 0.778. The van der Waals surface area contributed by atoms with Gasteiger partial charge in [0.1, 0.15) is 0 Å². The summed E-state index contributed by atoms with van der Waals surface area (Å²) in [7, 11) is 0. The first-order chi connectivity index (χ1) is 5.58. The molecule has 1 saturated heterocycles. The maximum Gasteiger partial charge on any atom is 1.00 e. The van der Waals surface area contributed by atoms with Crippen LogP contribution in [0.4, 0.5) is 0 Å². The Labute approximate surface area is 90.3 Å². The van der Waals surface area contributed by atoms with Crippen LogP contribution in [0.15, 0.2) is 5.57 Å². The van der Waals surface area contributed by atoms with E-state index in [1.54, 1.807) is 0 Å². The summed E-state index contributed by atoms with van der Waals surface area (Å²) in [4.78, 5) is 0. The Hall–Kier alpha value is 0.217. The molecule has 1 aliphatic heterocycles. The minimum atomic E-state index is -0.732. The normalized spacial score (nSPS) is 27.8. The summed E-state index contributed by atoms with van der Waals surface area (Å²) in [6, 6.07) is 0. The van der Waals surface area contributed by atoms with Gasteiger partial charge in [0.05, 0.1) is 13.2 Å². The van der Waals surface area contributed by atoms with Crippen molar-refractivity contribution in [1.82, 2.24) is 0 Å². The summed E-state index contributed by atoms with van der Waals surface area (Å²) in [5.41, 5.74) is 0.814. The summed E-state index contributed by atoms with van der Waals surface area (Å²) in [5, 5.41) is 8.79. The van der Waals surface area contributed by atoms with Gasteiger partial charge in [-0.15, -0.1) is 0 Å². The van der Waals surface area contributed by atoms with Crippen molar-refractivity contribution in [3.05, 3.63) is 11.6 Å². The standard InChI is InChI=1S/C9H13O3.Li/c1-8(2)5-11-9(12-6-8)3-7(9)4-10;/h10H,4-6H2,1-2H3;/q-1;+1. The number of hydrogen-bond acceptors (Lipinski definition) is 3.